The maximum Gasteiger partial charge on any atom is 0.240 e. The van der Waals surface area contributed by atoms with Gasteiger partial charge in [0.15, 0.2) is 0 Å². The quantitative estimate of drug-likeness (QED) is 0.647. The molecule has 1 aromatic rings. The Morgan fingerprint density at radius 1 is 1.19 bits per heavy atom. The molecule has 1 rings (SSSR count). The predicted molar refractivity (Wildman–Crippen MR) is 84.7 cm³/mol. The number of hydrogen-bond donors (Lipinski definition) is 2. The zero-order valence-corrected chi connectivity index (χ0v) is 13.9. The lowest BCUT2D eigenvalue weighted by Crippen LogP contribution is -2.26. The number of unbranched alkanes of at least 4 members (excludes halogenated alkanes) is 1. The van der Waals surface area contributed by atoms with Gasteiger partial charge >= 0.3 is 0 Å². The van der Waals surface area contributed by atoms with Gasteiger partial charge in [0, 0.05) is 19.7 Å². The van der Waals surface area contributed by atoms with Gasteiger partial charge in [-0.2, -0.15) is 0 Å². The van der Waals surface area contributed by atoms with Crippen molar-refractivity contribution in [3.05, 3.63) is 29.8 Å². The van der Waals surface area contributed by atoms with Crippen molar-refractivity contribution in [2.75, 3.05) is 20.2 Å². The molecule has 0 aliphatic rings. The van der Waals surface area contributed by atoms with E-state index in [-0.39, 0.29) is 6.10 Å². The smallest absolute Gasteiger partial charge is 0.240 e. The van der Waals surface area contributed by atoms with Crippen LogP contribution < -0.4 is 10.0 Å². The lowest BCUT2D eigenvalue weighted by molar-refractivity contribution is 0.0762. The lowest BCUT2D eigenvalue weighted by Gasteiger charge is -2.11. The SMILES string of the molecule is CNCc1ccccc1S(=O)(=O)NCCCCOC(C)C. The average Bonchev–Trinajstić information content (AvgIpc) is 2.43. The summed E-state index contributed by atoms with van der Waals surface area (Å²) in [6.07, 6.45) is 1.83. The van der Waals surface area contributed by atoms with Crippen molar-refractivity contribution >= 4 is 10.0 Å². The van der Waals surface area contributed by atoms with Gasteiger partial charge in [-0.15, -0.1) is 0 Å². The van der Waals surface area contributed by atoms with Crippen LogP contribution in [0.3, 0.4) is 0 Å². The Kier molecular flexibility index (Phi) is 7.88. The first kappa shape index (κ1) is 18.1. The van der Waals surface area contributed by atoms with E-state index in [2.05, 4.69) is 10.0 Å². The second kappa shape index (κ2) is 9.15. The molecule has 0 fully saturated rings. The van der Waals surface area contributed by atoms with E-state index in [1.165, 1.54) is 0 Å². The van der Waals surface area contributed by atoms with E-state index in [0.29, 0.717) is 24.6 Å². The molecule has 0 saturated carbocycles. The molecule has 0 bridgehead atoms. The van der Waals surface area contributed by atoms with Gasteiger partial charge in [-0.3, -0.25) is 0 Å². The lowest BCUT2D eigenvalue weighted by atomic mass is 10.2. The van der Waals surface area contributed by atoms with Crippen molar-refractivity contribution in [1.29, 1.82) is 0 Å². The molecule has 0 aromatic heterocycles. The molecule has 0 spiro atoms. The molecule has 0 atom stereocenters. The number of hydrogen-bond acceptors (Lipinski definition) is 4. The van der Waals surface area contributed by atoms with Crippen molar-refractivity contribution < 1.29 is 13.2 Å². The Labute approximate surface area is 128 Å². The van der Waals surface area contributed by atoms with E-state index in [0.717, 1.165) is 18.4 Å². The molecular formula is C15H26N2O3S. The molecule has 5 nitrogen and oxygen atoms in total. The molecule has 0 amide bonds. The summed E-state index contributed by atoms with van der Waals surface area (Å²) < 4.78 is 32.7. The number of sulfonamides is 1. The van der Waals surface area contributed by atoms with Crippen molar-refractivity contribution in [2.45, 2.75) is 44.2 Å². The van der Waals surface area contributed by atoms with Gasteiger partial charge in [-0.05, 0) is 45.4 Å². The van der Waals surface area contributed by atoms with Gasteiger partial charge in [-0.1, -0.05) is 18.2 Å². The van der Waals surface area contributed by atoms with E-state index in [9.17, 15) is 8.42 Å². The standard InChI is InChI=1S/C15H26N2O3S/c1-13(2)20-11-7-6-10-17-21(18,19)15-9-5-4-8-14(15)12-16-3/h4-5,8-9,13,16-17H,6-7,10-12H2,1-3H3. The monoisotopic (exact) mass is 314 g/mol. The Morgan fingerprint density at radius 3 is 2.57 bits per heavy atom. The first-order valence-corrected chi connectivity index (χ1v) is 8.79. The normalized spacial score (nSPS) is 12.0. The molecule has 120 valence electrons. The first-order chi connectivity index (χ1) is 9.97. The highest BCUT2D eigenvalue weighted by Gasteiger charge is 2.16. The highest BCUT2D eigenvalue weighted by molar-refractivity contribution is 7.89. The molecule has 6 heteroatoms. The van der Waals surface area contributed by atoms with Gasteiger partial charge in [0.25, 0.3) is 0 Å². The summed E-state index contributed by atoms with van der Waals surface area (Å²) in [5.74, 6) is 0. The summed E-state index contributed by atoms with van der Waals surface area (Å²) in [5.41, 5.74) is 0.774. The second-order valence-corrected chi connectivity index (χ2v) is 6.90. The summed E-state index contributed by atoms with van der Waals surface area (Å²) in [4.78, 5) is 0.345. The molecule has 0 radical (unpaired) electrons. The van der Waals surface area contributed by atoms with Crippen LogP contribution in [0.25, 0.3) is 0 Å². The van der Waals surface area contributed by atoms with Crippen LogP contribution in [0.1, 0.15) is 32.3 Å². The maximum atomic E-state index is 12.3. The van der Waals surface area contributed by atoms with E-state index in [4.69, 9.17) is 4.74 Å². The van der Waals surface area contributed by atoms with Crippen LogP contribution in [0.5, 0.6) is 0 Å². The summed E-state index contributed by atoms with van der Waals surface area (Å²) in [6, 6.07) is 7.04. The van der Waals surface area contributed by atoms with Crippen molar-refractivity contribution in [1.82, 2.24) is 10.0 Å². The van der Waals surface area contributed by atoms with Crippen LogP contribution in [-0.4, -0.2) is 34.7 Å². The van der Waals surface area contributed by atoms with Crippen LogP contribution in [0.15, 0.2) is 29.2 Å². The Hall–Kier alpha value is -0.950. The van der Waals surface area contributed by atoms with Gasteiger partial charge in [-0.25, -0.2) is 13.1 Å². The van der Waals surface area contributed by atoms with Crippen molar-refractivity contribution in [3.63, 3.8) is 0 Å². The molecule has 0 heterocycles. The van der Waals surface area contributed by atoms with Crippen LogP contribution in [0.2, 0.25) is 0 Å². The van der Waals surface area contributed by atoms with Gasteiger partial charge in [0.05, 0.1) is 11.0 Å². The number of rotatable bonds is 10. The van der Waals surface area contributed by atoms with Crippen molar-refractivity contribution in [2.24, 2.45) is 0 Å². The first-order valence-electron chi connectivity index (χ1n) is 7.31. The molecule has 0 aliphatic carbocycles. The molecule has 21 heavy (non-hydrogen) atoms. The predicted octanol–water partition coefficient (Wildman–Crippen LogP) is 1.89. The number of benzene rings is 1. The third-order valence-electron chi connectivity index (χ3n) is 2.94. The highest BCUT2D eigenvalue weighted by Crippen LogP contribution is 2.15. The molecule has 1 aromatic carbocycles. The van der Waals surface area contributed by atoms with Crippen LogP contribution in [0.4, 0.5) is 0 Å². The van der Waals surface area contributed by atoms with Crippen LogP contribution >= 0.6 is 0 Å². The minimum absolute atomic E-state index is 0.218. The number of ether oxygens (including phenoxy) is 1. The third-order valence-corrected chi connectivity index (χ3v) is 4.51. The fourth-order valence-corrected chi connectivity index (χ4v) is 3.24. The van der Waals surface area contributed by atoms with E-state index in [1.54, 1.807) is 19.2 Å². The molecule has 2 N–H and O–H groups in total. The minimum Gasteiger partial charge on any atom is -0.379 e. The molecule has 0 saturated heterocycles. The third kappa shape index (κ3) is 6.56. The summed E-state index contributed by atoms with van der Waals surface area (Å²) in [6.45, 7) is 5.59. The van der Waals surface area contributed by atoms with Crippen molar-refractivity contribution in [3.8, 4) is 0 Å². The highest BCUT2D eigenvalue weighted by atomic mass is 32.2. The minimum atomic E-state index is -3.45. The zero-order chi connectivity index (χ0) is 15.7. The van der Waals surface area contributed by atoms with Crippen LogP contribution in [-0.2, 0) is 21.3 Å². The number of nitrogens with one attached hydrogen (secondary N) is 2. The Morgan fingerprint density at radius 2 is 1.90 bits per heavy atom. The molecule has 0 unspecified atom stereocenters. The van der Waals surface area contributed by atoms with Gasteiger partial charge < -0.3 is 10.1 Å². The Bertz CT molecular complexity index is 515. The van der Waals surface area contributed by atoms with Gasteiger partial charge in [0.1, 0.15) is 0 Å². The van der Waals surface area contributed by atoms with Gasteiger partial charge in [0.2, 0.25) is 10.0 Å². The zero-order valence-electron chi connectivity index (χ0n) is 13.1. The van der Waals surface area contributed by atoms with Crippen LogP contribution in [0, 0.1) is 0 Å². The van der Waals surface area contributed by atoms with E-state index >= 15 is 0 Å². The topological polar surface area (TPSA) is 67.4 Å². The maximum absolute atomic E-state index is 12.3. The second-order valence-electron chi connectivity index (χ2n) is 5.16. The Balaban J connectivity index is 2.50. The average molecular weight is 314 g/mol. The summed E-state index contributed by atoms with van der Waals surface area (Å²) in [7, 11) is -1.65. The van der Waals surface area contributed by atoms with E-state index in [1.807, 2.05) is 26.0 Å². The summed E-state index contributed by atoms with van der Waals surface area (Å²) in [5, 5.41) is 2.98. The fourth-order valence-electron chi connectivity index (χ4n) is 1.93. The fraction of sp³-hybridized carbons (Fsp3) is 0.600. The van der Waals surface area contributed by atoms with E-state index < -0.39 is 10.0 Å². The summed E-state index contributed by atoms with van der Waals surface area (Å²) >= 11 is 0. The molecule has 0 aliphatic heterocycles. The molecular weight excluding hydrogens is 288 g/mol. The largest absolute Gasteiger partial charge is 0.379 e.